The van der Waals surface area contributed by atoms with E-state index in [1.54, 1.807) is 28.4 Å². The van der Waals surface area contributed by atoms with Crippen LogP contribution in [0, 0.1) is 0 Å². The Morgan fingerprint density at radius 2 is 0.587 bits per heavy atom. The lowest BCUT2D eigenvalue weighted by atomic mass is 10.0. The van der Waals surface area contributed by atoms with Crippen molar-refractivity contribution in [3.8, 4) is 34.1 Å². The van der Waals surface area contributed by atoms with Crippen molar-refractivity contribution in [3.63, 3.8) is 0 Å². The van der Waals surface area contributed by atoms with Crippen molar-refractivity contribution in [1.29, 1.82) is 0 Å². The van der Waals surface area contributed by atoms with Crippen LogP contribution in [0.2, 0.25) is 0 Å². The molecule has 0 unspecified atom stereocenters. The van der Waals surface area contributed by atoms with E-state index in [9.17, 15) is 0 Å². The molecule has 0 fully saturated rings. The maximum Gasteiger partial charge on any atom is 0.124 e. The fraction of sp³-hybridized carbons (Fsp3) is 0.100. The summed E-state index contributed by atoms with van der Waals surface area (Å²) < 4.78 is 22.3. The molecule has 0 spiro atoms. The molecular weight excluding hydrogens is 572 g/mol. The van der Waals surface area contributed by atoms with Gasteiger partial charge in [0.15, 0.2) is 0 Å². The highest BCUT2D eigenvalue weighted by Crippen LogP contribution is 2.41. The number of anilines is 6. The maximum atomic E-state index is 5.58. The van der Waals surface area contributed by atoms with Gasteiger partial charge in [0.05, 0.1) is 39.8 Å². The third-order valence-corrected chi connectivity index (χ3v) is 7.80. The van der Waals surface area contributed by atoms with Gasteiger partial charge in [-0.1, -0.05) is 60.7 Å². The van der Waals surface area contributed by atoms with Gasteiger partial charge in [-0.05, 0) is 59.7 Å². The first-order chi connectivity index (χ1) is 22.6. The van der Waals surface area contributed by atoms with Crippen LogP contribution in [0.3, 0.4) is 0 Å². The molecule has 0 amide bonds. The van der Waals surface area contributed by atoms with Crippen molar-refractivity contribution in [1.82, 2.24) is 0 Å². The Balaban J connectivity index is 1.34. The van der Waals surface area contributed by atoms with Crippen molar-refractivity contribution in [2.75, 3.05) is 38.2 Å². The van der Waals surface area contributed by atoms with Crippen LogP contribution < -0.4 is 28.7 Å². The fourth-order valence-corrected chi connectivity index (χ4v) is 5.50. The summed E-state index contributed by atoms with van der Waals surface area (Å²) in [6.07, 6.45) is 0. The summed E-state index contributed by atoms with van der Waals surface area (Å²) in [4.78, 5) is 4.39. The predicted octanol–water partition coefficient (Wildman–Crippen LogP) is 10.3. The normalized spacial score (nSPS) is 10.6. The molecule has 230 valence electrons. The fourth-order valence-electron chi connectivity index (χ4n) is 5.50. The number of nitrogens with zero attached hydrogens (tertiary/aromatic N) is 2. The predicted molar refractivity (Wildman–Crippen MR) is 187 cm³/mol. The van der Waals surface area contributed by atoms with E-state index >= 15 is 0 Å². The Hall–Kier alpha value is -5.88. The standard InChI is InChI=1S/C40H36N2O4/c1-43-37-23-35(24-38(27-37)44-2)41(31-11-7-5-8-12-31)33-19-15-29(16-20-33)30-17-21-34(22-18-30)42(32-13-9-6-10-14-32)36-25-39(45-3)28-40(26-36)46-4/h5-28H,1-4H3. The lowest BCUT2D eigenvalue weighted by Gasteiger charge is -2.27. The highest BCUT2D eigenvalue weighted by atomic mass is 16.5. The van der Waals surface area contributed by atoms with Gasteiger partial charge in [0, 0.05) is 59.1 Å². The van der Waals surface area contributed by atoms with Crippen LogP contribution >= 0.6 is 0 Å². The quantitative estimate of drug-likeness (QED) is 0.146. The van der Waals surface area contributed by atoms with E-state index in [0.717, 1.165) is 68.2 Å². The molecule has 46 heavy (non-hydrogen) atoms. The Morgan fingerprint density at radius 3 is 0.870 bits per heavy atom. The SMILES string of the molecule is COc1cc(OC)cc(N(c2ccccc2)c2ccc(-c3ccc(N(c4ccccc4)c4cc(OC)cc(OC)c4)cc3)cc2)c1. The summed E-state index contributed by atoms with van der Waals surface area (Å²) in [6, 6.07) is 49.5. The van der Waals surface area contributed by atoms with Gasteiger partial charge >= 0.3 is 0 Å². The molecule has 0 saturated heterocycles. The van der Waals surface area contributed by atoms with Gasteiger partial charge in [-0.3, -0.25) is 0 Å². The first kappa shape index (κ1) is 30.2. The average molecular weight is 609 g/mol. The maximum absolute atomic E-state index is 5.58. The third kappa shape index (κ3) is 6.47. The largest absolute Gasteiger partial charge is 0.497 e. The van der Waals surface area contributed by atoms with E-state index in [2.05, 4.69) is 82.6 Å². The van der Waals surface area contributed by atoms with Crippen molar-refractivity contribution in [2.45, 2.75) is 0 Å². The van der Waals surface area contributed by atoms with Gasteiger partial charge in [0.1, 0.15) is 23.0 Å². The molecule has 6 nitrogen and oxygen atoms in total. The zero-order chi connectivity index (χ0) is 31.9. The number of para-hydroxylation sites is 2. The molecule has 0 radical (unpaired) electrons. The van der Waals surface area contributed by atoms with Gasteiger partial charge in [0.25, 0.3) is 0 Å². The smallest absolute Gasteiger partial charge is 0.124 e. The Bertz CT molecular complexity index is 1690. The number of hydrogen-bond donors (Lipinski definition) is 0. The second-order valence-corrected chi connectivity index (χ2v) is 10.6. The van der Waals surface area contributed by atoms with Crippen LogP contribution in [0.4, 0.5) is 34.1 Å². The Morgan fingerprint density at radius 1 is 0.304 bits per heavy atom. The van der Waals surface area contributed by atoms with E-state index in [1.165, 1.54) is 0 Å². The minimum atomic E-state index is 0.726. The zero-order valence-corrected chi connectivity index (χ0v) is 26.4. The minimum absolute atomic E-state index is 0.726. The van der Waals surface area contributed by atoms with Crippen LogP contribution in [0.5, 0.6) is 23.0 Å². The molecule has 6 heteroatoms. The monoisotopic (exact) mass is 608 g/mol. The van der Waals surface area contributed by atoms with Crippen LogP contribution in [-0.4, -0.2) is 28.4 Å². The molecule has 0 aromatic heterocycles. The summed E-state index contributed by atoms with van der Waals surface area (Å²) >= 11 is 0. The number of hydrogen-bond acceptors (Lipinski definition) is 6. The van der Waals surface area contributed by atoms with Gasteiger partial charge in [-0.25, -0.2) is 0 Å². The van der Waals surface area contributed by atoms with E-state index in [-0.39, 0.29) is 0 Å². The number of benzene rings is 6. The topological polar surface area (TPSA) is 43.4 Å². The molecule has 0 atom stereocenters. The average Bonchev–Trinajstić information content (AvgIpc) is 3.13. The van der Waals surface area contributed by atoms with E-state index in [0.29, 0.717) is 0 Å². The van der Waals surface area contributed by atoms with Gasteiger partial charge in [-0.2, -0.15) is 0 Å². The zero-order valence-electron chi connectivity index (χ0n) is 26.4. The van der Waals surface area contributed by atoms with E-state index in [4.69, 9.17) is 18.9 Å². The number of methoxy groups -OCH3 is 4. The molecule has 0 bridgehead atoms. The van der Waals surface area contributed by atoms with Crippen molar-refractivity contribution >= 4 is 34.1 Å². The molecule has 0 aliphatic carbocycles. The summed E-state index contributed by atoms with van der Waals surface area (Å²) in [6.45, 7) is 0. The van der Waals surface area contributed by atoms with Gasteiger partial charge in [0.2, 0.25) is 0 Å². The second-order valence-electron chi connectivity index (χ2n) is 10.6. The van der Waals surface area contributed by atoms with E-state index < -0.39 is 0 Å². The van der Waals surface area contributed by atoms with E-state index in [1.807, 2.05) is 72.8 Å². The van der Waals surface area contributed by atoms with Crippen LogP contribution in [0.1, 0.15) is 0 Å². The van der Waals surface area contributed by atoms with Crippen LogP contribution in [0.15, 0.2) is 146 Å². The van der Waals surface area contributed by atoms with Crippen LogP contribution in [-0.2, 0) is 0 Å². The molecule has 0 aliphatic rings. The lowest BCUT2D eigenvalue weighted by Crippen LogP contribution is -2.10. The second kappa shape index (κ2) is 13.8. The minimum Gasteiger partial charge on any atom is -0.497 e. The third-order valence-electron chi connectivity index (χ3n) is 7.80. The van der Waals surface area contributed by atoms with Crippen molar-refractivity contribution in [2.24, 2.45) is 0 Å². The molecule has 6 aromatic carbocycles. The number of ether oxygens (including phenoxy) is 4. The highest BCUT2D eigenvalue weighted by Gasteiger charge is 2.17. The number of rotatable bonds is 11. The van der Waals surface area contributed by atoms with Gasteiger partial charge < -0.3 is 28.7 Å². The molecule has 0 saturated carbocycles. The summed E-state index contributed by atoms with van der Waals surface area (Å²) in [5.74, 6) is 2.90. The molecule has 6 aromatic rings. The van der Waals surface area contributed by atoms with Gasteiger partial charge in [-0.15, -0.1) is 0 Å². The molecule has 0 heterocycles. The Kier molecular flexibility index (Phi) is 9.07. The Labute approximate surface area is 270 Å². The van der Waals surface area contributed by atoms with Crippen molar-refractivity contribution in [3.05, 3.63) is 146 Å². The molecular formula is C40H36N2O4. The summed E-state index contributed by atoms with van der Waals surface area (Å²) in [5.41, 5.74) is 8.20. The summed E-state index contributed by atoms with van der Waals surface area (Å²) in [7, 11) is 6.66. The first-order valence-corrected chi connectivity index (χ1v) is 15.0. The highest BCUT2D eigenvalue weighted by molar-refractivity contribution is 5.82. The lowest BCUT2D eigenvalue weighted by molar-refractivity contribution is 0.394. The van der Waals surface area contributed by atoms with Crippen LogP contribution in [0.25, 0.3) is 11.1 Å². The molecule has 0 aliphatic heterocycles. The molecule has 0 N–H and O–H groups in total. The molecule has 6 rings (SSSR count). The summed E-state index contributed by atoms with van der Waals surface area (Å²) in [5, 5.41) is 0. The van der Waals surface area contributed by atoms with Crippen molar-refractivity contribution < 1.29 is 18.9 Å². The first-order valence-electron chi connectivity index (χ1n) is 15.0.